The van der Waals surface area contributed by atoms with E-state index < -0.39 is 5.97 Å². The highest BCUT2D eigenvalue weighted by molar-refractivity contribution is 5.69. The van der Waals surface area contributed by atoms with Gasteiger partial charge in [-0.05, 0) is 13.0 Å². The molecular formula is C10H12FNO2. The van der Waals surface area contributed by atoms with Gasteiger partial charge in [-0.25, -0.2) is 4.39 Å². The van der Waals surface area contributed by atoms with Crippen molar-refractivity contribution in [1.82, 2.24) is 5.32 Å². The third-order valence-electron chi connectivity index (χ3n) is 1.93. The van der Waals surface area contributed by atoms with E-state index in [0.717, 1.165) is 0 Å². The topological polar surface area (TPSA) is 49.3 Å². The second-order valence-electron chi connectivity index (χ2n) is 3.02. The lowest BCUT2D eigenvalue weighted by Crippen LogP contribution is -2.26. The molecule has 1 unspecified atom stereocenters. The average molecular weight is 197 g/mol. The number of halogens is 1. The zero-order chi connectivity index (χ0) is 10.6. The van der Waals surface area contributed by atoms with Crippen molar-refractivity contribution in [2.24, 2.45) is 0 Å². The molecule has 1 aromatic carbocycles. The fourth-order valence-corrected chi connectivity index (χ4v) is 1.18. The van der Waals surface area contributed by atoms with Crippen LogP contribution in [0, 0.1) is 5.82 Å². The van der Waals surface area contributed by atoms with Gasteiger partial charge >= 0.3 is 5.97 Å². The molecule has 0 saturated carbocycles. The summed E-state index contributed by atoms with van der Waals surface area (Å²) < 4.78 is 13.2. The van der Waals surface area contributed by atoms with Crippen molar-refractivity contribution in [3.63, 3.8) is 0 Å². The summed E-state index contributed by atoms with van der Waals surface area (Å²) in [6.07, 6.45) is 0. The van der Waals surface area contributed by atoms with Gasteiger partial charge in [-0.2, -0.15) is 0 Å². The lowest BCUT2D eigenvalue weighted by Gasteiger charge is -2.12. The monoisotopic (exact) mass is 197 g/mol. The van der Waals surface area contributed by atoms with Gasteiger partial charge in [-0.3, -0.25) is 4.79 Å². The summed E-state index contributed by atoms with van der Waals surface area (Å²) in [6.45, 7) is 1.55. The van der Waals surface area contributed by atoms with Gasteiger partial charge < -0.3 is 10.4 Å². The minimum absolute atomic E-state index is 0.171. The second kappa shape index (κ2) is 4.72. The highest BCUT2D eigenvalue weighted by Crippen LogP contribution is 2.15. The Morgan fingerprint density at radius 3 is 2.79 bits per heavy atom. The number of hydrogen-bond donors (Lipinski definition) is 2. The maximum atomic E-state index is 13.2. The van der Waals surface area contributed by atoms with Crippen molar-refractivity contribution in [3.05, 3.63) is 35.6 Å². The molecule has 0 heterocycles. The van der Waals surface area contributed by atoms with E-state index >= 15 is 0 Å². The molecule has 1 atom stereocenters. The number of carboxylic acids is 1. The molecule has 0 aromatic heterocycles. The van der Waals surface area contributed by atoms with Crippen LogP contribution < -0.4 is 5.32 Å². The molecule has 4 heteroatoms. The minimum atomic E-state index is -0.951. The maximum Gasteiger partial charge on any atom is 0.317 e. The van der Waals surface area contributed by atoms with Crippen LogP contribution in [0.15, 0.2) is 24.3 Å². The maximum absolute atomic E-state index is 13.2. The van der Waals surface area contributed by atoms with Gasteiger partial charge in [0.25, 0.3) is 0 Å². The van der Waals surface area contributed by atoms with Crippen LogP contribution in [0.1, 0.15) is 18.5 Å². The Bertz CT molecular complexity index is 328. The zero-order valence-corrected chi connectivity index (χ0v) is 7.83. The number of benzene rings is 1. The van der Waals surface area contributed by atoms with E-state index in [-0.39, 0.29) is 18.4 Å². The Morgan fingerprint density at radius 2 is 2.21 bits per heavy atom. The van der Waals surface area contributed by atoms with Crippen LogP contribution in [0.4, 0.5) is 4.39 Å². The first-order chi connectivity index (χ1) is 6.61. The fourth-order valence-electron chi connectivity index (χ4n) is 1.18. The smallest absolute Gasteiger partial charge is 0.317 e. The summed E-state index contributed by atoms with van der Waals surface area (Å²) >= 11 is 0. The first-order valence-electron chi connectivity index (χ1n) is 4.31. The lowest BCUT2D eigenvalue weighted by atomic mass is 10.1. The Hall–Kier alpha value is -1.42. The first-order valence-corrected chi connectivity index (χ1v) is 4.31. The quantitative estimate of drug-likeness (QED) is 0.770. The Morgan fingerprint density at radius 1 is 1.57 bits per heavy atom. The Balaban J connectivity index is 2.65. The normalized spacial score (nSPS) is 12.4. The van der Waals surface area contributed by atoms with Crippen LogP contribution >= 0.6 is 0 Å². The fraction of sp³-hybridized carbons (Fsp3) is 0.300. The van der Waals surface area contributed by atoms with E-state index in [4.69, 9.17) is 5.11 Å². The van der Waals surface area contributed by atoms with Gasteiger partial charge in [0.1, 0.15) is 5.82 Å². The molecule has 0 aliphatic heterocycles. The molecular weight excluding hydrogens is 185 g/mol. The SMILES string of the molecule is CC(NCC(=O)O)c1ccccc1F. The van der Waals surface area contributed by atoms with Crippen molar-refractivity contribution >= 4 is 5.97 Å². The molecule has 1 aromatic rings. The van der Waals surface area contributed by atoms with Gasteiger partial charge in [-0.1, -0.05) is 18.2 Å². The van der Waals surface area contributed by atoms with Crippen molar-refractivity contribution in [1.29, 1.82) is 0 Å². The van der Waals surface area contributed by atoms with Crippen LogP contribution in [0.5, 0.6) is 0 Å². The van der Waals surface area contributed by atoms with E-state index in [1.807, 2.05) is 0 Å². The Kier molecular flexibility index (Phi) is 3.59. The standard InChI is InChI=1S/C10H12FNO2/c1-7(12-6-10(13)14)8-4-2-3-5-9(8)11/h2-5,7,12H,6H2,1H3,(H,13,14). The van der Waals surface area contributed by atoms with E-state index in [9.17, 15) is 9.18 Å². The summed E-state index contributed by atoms with van der Waals surface area (Å²) in [5.74, 6) is -1.27. The molecule has 0 amide bonds. The second-order valence-corrected chi connectivity index (χ2v) is 3.02. The molecule has 0 saturated heterocycles. The predicted octanol–water partition coefficient (Wildman–Crippen LogP) is 1.56. The highest BCUT2D eigenvalue weighted by Gasteiger charge is 2.10. The largest absolute Gasteiger partial charge is 0.480 e. The number of carbonyl (C=O) groups is 1. The average Bonchev–Trinajstić information content (AvgIpc) is 2.15. The van der Waals surface area contributed by atoms with Crippen molar-refractivity contribution in [2.45, 2.75) is 13.0 Å². The summed E-state index contributed by atoms with van der Waals surface area (Å²) in [4.78, 5) is 10.3. The third-order valence-corrected chi connectivity index (χ3v) is 1.93. The first kappa shape index (κ1) is 10.7. The van der Waals surface area contributed by atoms with Crippen LogP contribution in [-0.2, 0) is 4.79 Å². The van der Waals surface area contributed by atoms with Crippen molar-refractivity contribution in [2.75, 3.05) is 6.54 Å². The van der Waals surface area contributed by atoms with E-state index in [1.165, 1.54) is 6.07 Å². The molecule has 0 spiro atoms. The molecule has 76 valence electrons. The van der Waals surface area contributed by atoms with Gasteiger partial charge in [-0.15, -0.1) is 0 Å². The molecule has 0 fully saturated rings. The van der Waals surface area contributed by atoms with Crippen LogP contribution in [0.2, 0.25) is 0 Å². The van der Waals surface area contributed by atoms with Gasteiger partial charge in [0.2, 0.25) is 0 Å². The molecule has 1 rings (SSSR count). The molecule has 0 bridgehead atoms. The highest BCUT2D eigenvalue weighted by atomic mass is 19.1. The number of aliphatic carboxylic acids is 1. The predicted molar refractivity (Wildman–Crippen MR) is 50.5 cm³/mol. The summed E-state index contributed by atoms with van der Waals surface area (Å²) in [7, 11) is 0. The van der Waals surface area contributed by atoms with Gasteiger partial charge in [0.15, 0.2) is 0 Å². The molecule has 0 aliphatic carbocycles. The molecule has 14 heavy (non-hydrogen) atoms. The van der Waals surface area contributed by atoms with E-state index in [0.29, 0.717) is 5.56 Å². The molecule has 0 radical (unpaired) electrons. The summed E-state index contributed by atoms with van der Waals surface area (Å²) in [6, 6.07) is 6.01. The lowest BCUT2D eigenvalue weighted by molar-refractivity contribution is -0.136. The number of hydrogen-bond acceptors (Lipinski definition) is 2. The number of rotatable bonds is 4. The molecule has 2 N–H and O–H groups in total. The van der Waals surface area contributed by atoms with Crippen LogP contribution in [-0.4, -0.2) is 17.6 Å². The van der Waals surface area contributed by atoms with Crippen LogP contribution in [0.25, 0.3) is 0 Å². The Labute approximate surface area is 81.6 Å². The summed E-state index contributed by atoms with van der Waals surface area (Å²) in [5, 5.41) is 11.1. The minimum Gasteiger partial charge on any atom is -0.480 e. The van der Waals surface area contributed by atoms with E-state index in [2.05, 4.69) is 5.32 Å². The van der Waals surface area contributed by atoms with Crippen molar-refractivity contribution in [3.8, 4) is 0 Å². The van der Waals surface area contributed by atoms with Crippen molar-refractivity contribution < 1.29 is 14.3 Å². The van der Waals surface area contributed by atoms with Crippen LogP contribution in [0.3, 0.4) is 0 Å². The summed E-state index contributed by atoms with van der Waals surface area (Å²) in [5.41, 5.74) is 0.480. The zero-order valence-electron chi connectivity index (χ0n) is 7.83. The van der Waals surface area contributed by atoms with E-state index in [1.54, 1.807) is 25.1 Å². The van der Waals surface area contributed by atoms with Gasteiger partial charge in [0, 0.05) is 11.6 Å². The number of carboxylic acid groups (broad SMARTS) is 1. The number of nitrogens with one attached hydrogen (secondary N) is 1. The third kappa shape index (κ3) is 2.81. The van der Waals surface area contributed by atoms with Gasteiger partial charge in [0.05, 0.1) is 6.54 Å². The molecule has 0 aliphatic rings. The molecule has 3 nitrogen and oxygen atoms in total.